The number of sulfonamides is 1. The number of benzene rings is 1. The molecule has 0 radical (unpaired) electrons. The average Bonchev–Trinajstić information content (AvgIpc) is 2.61. The first-order chi connectivity index (χ1) is 11.9. The van der Waals surface area contributed by atoms with Gasteiger partial charge in [0, 0.05) is 31.9 Å². The fourth-order valence-corrected chi connectivity index (χ4v) is 4.06. The second-order valence-corrected chi connectivity index (χ2v) is 7.59. The standard InChI is InChI=1S/C16H16FN5O2S/c1-12-10-14(11-18)20-16(19-12)21-6-8-22(9-7-21)25(23,24)15-4-2-13(17)3-5-15/h2-5,10H,6-9H2,1H3. The highest BCUT2D eigenvalue weighted by Gasteiger charge is 2.29. The Balaban J connectivity index is 1.74. The predicted molar refractivity (Wildman–Crippen MR) is 88.9 cm³/mol. The van der Waals surface area contributed by atoms with Crippen molar-refractivity contribution in [3.05, 3.63) is 47.5 Å². The van der Waals surface area contributed by atoms with Gasteiger partial charge in [0.1, 0.15) is 17.6 Å². The summed E-state index contributed by atoms with van der Waals surface area (Å²) in [6.45, 7) is 3.13. The molecular formula is C16H16FN5O2S. The van der Waals surface area contributed by atoms with Crippen molar-refractivity contribution in [2.24, 2.45) is 0 Å². The van der Waals surface area contributed by atoms with Crippen LogP contribution in [-0.4, -0.2) is 48.9 Å². The highest BCUT2D eigenvalue weighted by Crippen LogP contribution is 2.20. The highest BCUT2D eigenvalue weighted by atomic mass is 32.2. The minimum absolute atomic E-state index is 0.0703. The Labute approximate surface area is 145 Å². The quantitative estimate of drug-likeness (QED) is 0.819. The van der Waals surface area contributed by atoms with Crippen molar-refractivity contribution in [2.45, 2.75) is 11.8 Å². The molecule has 0 saturated carbocycles. The summed E-state index contributed by atoms with van der Waals surface area (Å²) in [5.41, 5.74) is 0.965. The van der Waals surface area contributed by atoms with Crippen molar-refractivity contribution < 1.29 is 12.8 Å². The molecule has 1 fully saturated rings. The number of halogens is 1. The number of hydrogen-bond donors (Lipinski definition) is 0. The number of rotatable bonds is 3. The summed E-state index contributed by atoms with van der Waals surface area (Å²) in [5.74, 6) is -0.0518. The van der Waals surface area contributed by atoms with E-state index in [0.29, 0.717) is 24.7 Å². The molecule has 1 saturated heterocycles. The zero-order valence-corrected chi connectivity index (χ0v) is 14.4. The predicted octanol–water partition coefficient (Wildman–Crippen LogP) is 1.31. The highest BCUT2D eigenvalue weighted by molar-refractivity contribution is 7.89. The maximum Gasteiger partial charge on any atom is 0.243 e. The van der Waals surface area contributed by atoms with E-state index in [2.05, 4.69) is 9.97 Å². The van der Waals surface area contributed by atoms with Crippen LogP contribution in [0.4, 0.5) is 10.3 Å². The van der Waals surface area contributed by atoms with Crippen LogP contribution in [0.2, 0.25) is 0 Å². The fourth-order valence-electron chi connectivity index (χ4n) is 2.64. The Morgan fingerprint density at radius 3 is 2.36 bits per heavy atom. The molecule has 0 N–H and O–H groups in total. The number of aromatic nitrogens is 2. The summed E-state index contributed by atoms with van der Waals surface area (Å²) < 4.78 is 39.6. The van der Waals surface area contributed by atoms with Crippen molar-refractivity contribution in [1.29, 1.82) is 5.26 Å². The Hall–Kier alpha value is -2.57. The van der Waals surface area contributed by atoms with E-state index in [4.69, 9.17) is 5.26 Å². The van der Waals surface area contributed by atoms with Crippen molar-refractivity contribution in [3.63, 3.8) is 0 Å². The summed E-state index contributed by atoms with van der Waals surface area (Å²) in [6.07, 6.45) is 0. The van der Waals surface area contributed by atoms with Gasteiger partial charge in [0.05, 0.1) is 4.90 Å². The minimum Gasteiger partial charge on any atom is -0.338 e. The molecular weight excluding hydrogens is 345 g/mol. The van der Waals surface area contributed by atoms with Gasteiger partial charge in [0.2, 0.25) is 16.0 Å². The van der Waals surface area contributed by atoms with Gasteiger partial charge in [-0.25, -0.2) is 22.8 Å². The van der Waals surface area contributed by atoms with E-state index in [1.807, 2.05) is 11.0 Å². The van der Waals surface area contributed by atoms with Crippen molar-refractivity contribution in [1.82, 2.24) is 14.3 Å². The number of hydrogen-bond acceptors (Lipinski definition) is 6. The lowest BCUT2D eigenvalue weighted by Gasteiger charge is -2.34. The van der Waals surface area contributed by atoms with Gasteiger partial charge in [-0.1, -0.05) is 0 Å². The lowest BCUT2D eigenvalue weighted by Crippen LogP contribution is -2.49. The van der Waals surface area contributed by atoms with Crippen molar-refractivity contribution in [3.8, 4) is 6.07 Å². The molecule has 0 amide bonds. The third kappa shape index (κ3) is 3.60. The third-order valence-corrected chi connectivity index (χ3v) is 5.84. The van der Waals surface area contributed by atoms with Gasteiger partial charge in [-0.15, -0.1) is 0 Å². The van der Waals surface area contributed by atoms with E-state index in [9.17, 15) is 12.8 Å². The number of aryl methyl sites for hydroxylation is 1. The van der Waals surface area contributed by atoms with E-state index in [0.717, 1.165) is 12.1 Å². The summed E-state index contributed by atoms with van der Waals surface area (Å²) in [5, 5.41) is 9.01. The molecule has 0 atom stereocenters. The van der Waals surface area contributed by atoms with Gasteiger partial charge < -0.3 is 4.90 Å². The molecule has 1 aliphatic rings. The van der Waals surface area contributed by atoms with Crippen LogP contribution in [0.1, 0.15) is 11.4 Å². The maximum atomic E-state index is 13.0. The Kier molecular flexibility index (Phi) is 4.65. The van der Waals surface area contributed by atoms with E-state index in [1.54, 1.807) is 13.0 Å². The van der Waals surface area contributed by atoms with Crippen LogP contribution in [0.3, 0.4) is 0 Å². The summed E-state index contributed by atoms with van der Waals surface area (Å²) in [7, 11) is -3.66. The van der Waals surface area contributed by atoms with Crippen LogP contribution in [0.5, 0.6) is 0 Å². The topological polar surface area (TPSA) is 90.2 Å². The van der Waals surface area contributed by atoms with Gasteiger partial charge in [0.15, 0.2) is 0 Å². The second-order valence-electron chi connectivity index (χ2n) is 5.65. The molecule has 2 heterocycles. The largest absolute Gasteiger partial charge is 0.338 e. The molecule has 0 spiro atoms. The van der Waals surface area contributed by atoms with Crippen LogP contribution in [0.25, 0.3) is 0 Å². The van der Waals surface area contributed by atoms with Crippen LogP contribution < -0.4 is 4.90 Å². The van der Waals surface area contributed by atoms with Crippen molar-refractivity contribution >= 4 is 16.0 Å². The van der Waals surface area contributed by atoms with Gasteiger partial charge in [0.25, 0.3) is 0 Å². The van der Waals surface area contributed by atoms with Crippen LogP contribution in [0.15, 0.2) is 35.2 Å². The smallest absolute Gasteiger partial charge is 0.243 e. The van der Waals surface area contributed by atoms with E-state index in [-0.39, 0.29) is 23.7 Å². The first-order valence-corrected chi connectivity index (χ1v) is 9.10. The molecule has 7 nitrogen and oxygen atoms in total. The Morgan fingerprint density at radius 1 is 1.12 bits per heavy atom. The summed E-state index contributed by atoms with van der Waals surface area (Å²) >= 11 is 0. The molecule has 25 heavy (non-hydrogen) atoms. The first kappa shape index (κ1) is 17.3. The maximum absolute atomic E-state index is 13.0. The lowest BCUT2D eigenvalue weighted by molar-refractivity contribution is 0.382. The van der Waals surface area contributed by atoms with Crippen LogP contribution >= 0.6 is 0 Å². The third-order valence-electron chi connectivity index (χ3n) is 3.93. The Morgan fingerprint density at radius 2 is 1.76 bits per heavy atom. The zero-order valence-electron chi connectivity index (χ0n) is 13.6. The van der Waals surface area contributed by atoms with E-state index < -0.39 is 15.8 Å². The van der Waals surface area contributed by atoms with Gasteiger partial charge in [-0.3, -0.25) is 0 Å². The average molecular weight is 361 g/mol. The Bertz CT molecular complexity index is 917. The molecule has 130 valence electrons. The normalized spacial score (nSPS) is 15.8. The van der Waals surface area contributed by atoms with E-state index >= 15 is 0 Å². The van der Waals surface area contributed by atoms with Crippen LogP contribution in [-0.2, 0) is 10.0 Å². The number of nitriles is 1. The van der Waals surface area contributed by atoms with Crippen LogP contribution in [0, 0.1) is 24.1 Å². The van der Waals surface area contributed by atoms with Gasteiger partial charge in [-0.05, 0) is 37.3 Å². The molecule has 9 heteroatoms. The zero-order chi connectivity index (χ0) is 18.0. The number of piperazine rings is 1. The molecule has 0 aliphatic carbocycles. The number of anilines is 1. The fraction of sp³-hybridized carbons (Fsp3) is 0.312. The van der Waals surface area contributed by atoms with Crippen molar-refractivity contribution in [2.75, 3.05) is 31.1 Å². The molecule has 2 aromatic rings. The van der Waals surface area contributed by atoms with E-state index in [1.165, 1.54) is 16.4 Å². The molecule has 1 aromatic heterocycles. The van der Waals surface area contributed by atoms with Gasteiger partial charge in [-0.2, -0.15) is 9.57 Å². The molecule has 1 aliphatic heterocycles. The summed E-state index contributed by atoms with van der Waals surface area (Å²) in [4.78, 5) is 10.4. The van der Waals surface area contributed by atoms with Gasteiger partial charge >= 0.3 is 0 Å². The molecule has 0 bridgehead atoms. The minimum atomic E-state index is -3.66. The monoisotopic (exact) mass is 361 g/mol. The molecule has 0 unspecified atom stereocenters. The summed E-state index contributed by atoms with van der Waals surface area (Å²) in [6, 6.07) is 8.38. The molecule has 1 aromatic carbocycles. The molecule has 3 rings (SSSR count). The lowest BCUT2D eigenvalue weighted by atomic mass is 10.3. The SMILES string of the molecule is Cc1cc(C#N)nc(N2CCN(S(=O)(=O)c3ccc(F)cc3)CC2)n1. The number of nitrogens with zero attached hydrogens (tertiary/aromatic N) is 5. The second kappa shape index (κ2) is 6.74. The first-order valence-electron chi connectivity index (χ1n) is 7.66.